The van der Waals surface area contributed by atoms with Crippen molar-refractivity contribution in [3.8, 4) is 5.75 Å². The molecule has 3 heteroatoms. The molecule has 1 aliphatic carbocycles. The van der Waals surface area contributed by atoms with Gasteiger partial charge in [0.15, 0.2) is 0 Å². The Morgan fingerprint density at radius 2 is 1.32 bits per heavy atom. The molecule has 2 N–H and O–H groups in total. The molecule has 1 fully saturated rings. The third-order valence-corrected chi connectivity index (χ3v) is 4.81. The van der Waals surface area contributed by atoms with Gasteiger partial charge in [-0.15, -0.1) is 0 Å². The van der Waals surface area contributed by atoms with Crippen molar-refractivity contribution in [3.63, 3.8) is 0 Å². The molecule has 3 rings (SSSR count). The Morgan fingerprint density at radius 1 is 0.818 bits per heavy atom. The summed E-state index contributed by atoms with van der Waals surface area (Å²) in [6.07, 6.45) is 5.70. The van der Waals surface area contributed by atoms with Crippen LogP contribution in [0.5, 0.6) is 5.75 Å². The molecule has 0 amide bonds. The lowest BCUT2D eigenvalue weighted by Gasteiger charge is -2.38. The van der Waals surface area contributed by atoms with Crippen LogP contribution in [-0.2, 0) is 5.41 Å². The van der Waals surface area contributed by atoms with Crippen LogP contribution in [0.4, 0.5) is 0 Å². The summed E-state index contributed by atoms with van der Waals surface area (Å²) < 4.78 is 0. The Hall–Kier alpha value is -2.29. The number of carboxylic acids is 1. The van der Waals surface area contributed by atoms with E-state index in [1.807, 2.05) is 24.3 Å². The first-order valence-electron chi connectivity index (χ1n) is 7.75. The first kappa shape index (κ1) is 14.6. The SMILES string of the molecule is O=C(O)c1ccc(C2(c3ccc(O)cc3)CCCCC2)cc1. The summed E-state index contributed by atoms with van der Waals surface area (Å²) in [6, 6.07) is 14.7. The van der Waals surface area contributed by atoms with Gasteiger partial charge in [-0.1, -0.05) is 43.5 Å². The Kier molecular flexibility index (Phi) is 3.88. The molecule has 0 bridgehead atoms. The largest absolute Gasteiger partial charge is 0.508 e. The van der Waals surface area contributed by atoms with Crippen molar-refractivity contribution in [2.24, 2.45) is 0 Å². The predicted octanol–water partition coefficient (Wildman–Crippen LogP) is 4.34. The molecule has 2 aromatic rings. The lowest BCUT2D eigenvalue weighted by molar-refractivity contribution is 0.0697. The maximum absolute atomic E-state index is 11.0. The lowest BCUT2D eigenvalue weighted by Crippen LogP contribution is -2.30. The van der Waals surface area contributed by atoms with Gasteiger partial charge in [0.25, 0.3) is 0 Å². The highest BCUT2D eigenvalue weighted by Crippen LogP contribution is 2.45. The average Bonchev–Trinajstić information content (AvgIpc) is 2.56. The molecule has 2 aromatic carbocycles. The van der Waals surface area contributed by atoms with Crippen molar-refractivity contribution >= 4 is 5.97 Å². The van der Waals surface area contributed by atoms with Gasteiger partial charge in [0.1, 0.15) is 5.75 Å². The van der Waals surface area contributed by atoms with Gasteiger partial charge in [0, 0.05) is 5.41 Å². The van der Waals surface area contributed by atoms with Crippen molar-refractivity contribution in [1.82, 2.24) is 0 Å². The number of aromatic hydroxyl groups is 1. The molecule has 3 nitrogen and oxygen atoms in total. The standard InChI is InChI=1S/C19H20O3/c20-17-10-8-16(9-11-17)19(12-2-1-3-13-19)15-6-4-14(5-7-15)18(21)22/h4-11,20H,1-3,12-13H2,(H,21,22). The fourth-order valence-electron chi connectivity index (χ4n) is 3.61. The smallest absolute Gasteiger partial charge is 0.335 e. The Bertz CT molecular complexity index is 650. The summed E-state index contributed by atoms with van der Waals surface area (Å²) in [6.45, 7) is 0. The van der Waals surface area contributed by atoms with Gasteiger partial charge >= 0.3 is 5.97 Å². The number of benzene rings is 2. The molecule has 0 aromatic heterocycles. The zero-order valence-electron chi connectivity index (χ0n) is 12.5. The number of hydrogen-bond acceptors (Lipinski definition) is 2. The van der Waals surface area contributed by atoms with Crippen LogP contribution in [0, 0.1) is 0 Å². The van der Waals surface area contributed by atoms with E-state index in [1.54, 1.807) is 24.3 Å². The van der Waals surface area contributed by atoms with E-state index in [2.05, 4.69) is 0 Å². The maximum Gasteiger partial charge on any atom is 0.335 e. The topological polar surface area (TPSA) is 57.5 Å². The first-order chi connectivity index (χ1) is 10.6. The fourth-order valence-corrected chi connectivity index (χ4v) is 3.61. The summed E-state index contributed by atoms with van der Waals surface area (Å²) >= 11 is 0. The number of hydrogen-bond donors (Lipinski definition) is 2. The Balaban J connectivity index is 2.05. The van der Waals surface area contributed by atoms with Crippen LogP contribution in [0.25, 0.3) is 0 Å². The van der Waals surface area contributed by atoms with E-state index in [0.29, 0.717) is 5.56 Å². The van der Waals surface area contributed by atoms with Gasteiger partial charge in [0.2, 0.25) is 0 Å². The van der Waals surface area contributed by atoms with E-state index in [4.69, 9.17) is 5.11 Å². The zero-order valence-corrected chi connectivity index (χ0v) is 12.5. The molecule has 0 aliphatic heterocycles. The molecule has 0 heterocycles. The van der Waals surface area contributed by atoms with Crippen LogP contribution in [0.15, 0.2) is 48.5 Å². The molecular formula is C19H20O3. The van der Waals surface area contributed by atoms with E-state index in [-0.39, 0.29) is 11.2 Å². The quantitative estimate of drug-likeness (QED) is 0.885. The third kappa shape index (κ3) is 2.59. The minimum Gasteiger partial charge on any atom is -0.508 e. The minimum absolute atomic E-state index is 0.0665. The predicted molar refractivity (Wildman–Crippen MR) is 85.4 cm³/mol. The second-order valence-electron chi connectivity index (χ2n) is 6.07. The Labute approximate surface area is 130 Å². The van der Waals surface area contributed by atoms with E-state index in [0.717, 1.165) is 12.8 Å². The van der Waals surface area contributed by atoms with Crippen LogP contribution in [0.3, 0.4) is 0 Å². The number of rotatable bonds is 3. The highest BCUT2D eigenvalue weighted by molar-refractivity contribution is 5.87. The van der Waals surface area contributed by atoms with Crippen LogP contribution in [0.1, 0.15) is 53.6 Å². The highest BCUT2D eigenvalue weighted by Gasteiger charge is 2.35. The van der Waals surface area contributed by atoms with Gasteiger partial charge in [-0.05, 0) is 48.2 Å². The number of phenols is 1. The van der Waals surface area contributed by atoms with Gasteiger partial charge in [0.05, 0.1) is 5.56 Å². The molecule has 22 heavy (non-hydrogen) atoms. The summed E-state index contributed by atoms with van der Waals surface area (Å²) in [5, 5.41) is 18.6. The van der Waals surface area contributed by atoms with Crippen molar-refractivity contribution in [2.45, 2.75) is 37.5 Å². The Morgan fingerprint density at radius 3 is 1.82 bits per heavy atom. The monoisotopic (exact) mass is 296 g/mol. The summed E-state index contributed by atoms with van der Waals surface area (Å²) in [5.74, 6) is -0.621. The van der Waals surface area contributed by atoms with Crippen LogP contribution in [-0.4, -0.2) is 16.2 Å². The van der Waals surface area contributed by atoms with Crippen molar-refractivity contribution in [3.05, 3.63) is 65.2 Å². The number of carboxylic acid groups (broad SMARTS) is 1. The summed E-state index contributed by atoms with van der Waals surface area (Å²) in [4.78, 5) is 11.0. The minimum atomic E-state index is -0.895. The second-order valence-corrected chi connectivity index (χ2v) is 6.07. The van der Waals surface area contributed by atoms with Crippen LogP contribution >= 0.6 is 0 Å². The van der Waals surface area contributed by atoms with Crippen molar-refractivity contribution in [2.75, 3.05) is 0 Å². The third-order valence-electron chi connectivity index (χ3n) is 4.81. The number of phenolic OH excluding ortho intramolecular Hbond substituents is 1. The molecule has 0 atom stereocenters. The molecule has 114 valence electrons. The number of aromatic carboxylic acids is 1. The molecule has 1 aliphatic rings. The second kappa shape index (κ2) is 5.84. The van der Waals surface area contributed by atoms with Gasteiger partial charge in [-0.2, -0.15) is 0 Å². The normalized spacial score (nSPS) is 17.1. The first-order valence-corrected chi connectivity index (χ1v) is 7.75. The maximum atomic E-state index is 11.0. The fraction of sp³-hybridized carbons (Fsp3) is 0.316. The van der Waals surface area contributed by atoms with E-state index in [1.165, 1.54) is 30.4 Å². The molecule has 0 saturated heterocycles. The zero-order chi connectivity index (χ0) is 15.6. The lowest BCUT2D eigenvalue weighted by atomic mass is 9.65. The van der Waals surface area contributed by atoms with E-state index < -0.39 is 5.97 Å². The van der Waals surface area contributed by atoms with Crippen LogP contribution < -0.4 is 0 Å². The highest BCUT2D eigenvalue weighted by atomic mass is 16.4. The van der Waals surface area contributed by atoms with Crippen molar-refractivity contribution < 1.29 is 15.0 Å². The van der Waals surface area contributed by atoms with Crippen molar-refractivity contribution in [1.29, 1.82) is 0 Å². The van der Waals surface area contributed by atoms with Crippen LogP contribution in [0.2, 0.25) is 0 Å². The van der Waals surface area contributed by atoms with Gasteiger partial charge < -0.3 is 10.2 Å². The van der Waals surface area contributed by atoms with Gasteiger partial charge in [-0.25, -0.2) is 4.79 Å². The summed E-state index contributed by atoms with van der Waals surface area (Å²) in [7, 11) is 0. The van der Waals surface area contributed by atoms with E-state index >= 15 is 0 Å². The van der Waals surface area contributed by atoms with Gasteiger partial charge in [-0.3, -0.25) is 0 Å². The average molecular weight is 296 g/mol. The number of carbonyl (C=O) groups is 1. The summed E-state index contributed by atoms with van der Waals surface area (Å²) in [5.41, 5.74) is 2.62. The van der Waals surface area contributed by atoms with E-state index in [9.17, 15) is 9.90 Å². The molecular weight excluding hydrogens is 276 g/mol. The molecule has 0 unspecified atom stereocenters. The molecule has 0 spiro atoms. The molecule has 1 saturated carbocycles. The molecule has 0 radical (unpaired) electrons.